The zero-order valence-corrected chi connectivity index (χ0v) is 18.3. The van der Waals surface area contributed by atoms with E-state index in [1.807, 2.05) is 30.5 Å². The van der Waals surface area contributed by atoms with E-state index in [-0.39, 0.29) is 24.8 Å². The molecule has 6 N–H and O–H groups in total. The van der Waals surface area contributed by atoms with Gasteiger partial charge in [0.25, 0.3) is 5.91 Å². The van der Waals surface area contributed by atoms with Gasteiger partial charge in [0.2, 0.25) is 0 Å². The summed E-state index contributed by atoms with van der Waals surface area (Å²) >= 11 is 0. The summed E-state index contributed by atoms with van der Waals surface area (Å²) < 4.78 is 1.52. The normalized spacial score (nSPS) is 19.2. The standard InChI is InChI=1S/C24H27N7O2/c25-30(18-4-2-1-3-5-18)23-21-19(31(26)22(23)16-6-10-27-11-7-16)14-29(15-20(21)32)24(33)17-8-12-28-13-9-17/h2,4-10,12,27-28H,1,3,11,13-15,25-26H2. The molecule has 0 unspecified atom stereocenters. The number of carbonyl (C=O) groups excluding carboxylic acids is 2. The Labute approximate surface area is 192 Å². The van der Waals surface area contributed by atoms with E-state index in [9.17, 15) is 9.59 Å². The Morgan fingerprint density at radius 1 is 1.00 bits per heavy atom. The van der Waals surface area contributed by atoms with Crippen molar-refractivity contribution in [3.8, 4) is 0 Å². The van der Waals surface area contributed by atoms with Gasteiger partial charge in [-0.2, -0.15) is 0 Å². The number of amides is 1. The van der Waals surface area contributed by atoms with Crippen LogP contribution in [-0.4, -0.2) is 40.9 Å². The lowest BCUT2D eigenvalue weighted by atomic mass is 10.00. The number of aromatic nitrogens is 1. The van der Waals surface area contributed by atoms with E-state index in [2.05, 4.69) is 22.8 Å². The van der Waals surface area contributed by atoms with Gasteiger partial charge in [-0.05, 0) is 43.5 Å². The van der Waals surface area contributed by atoms with Gasteiger partial charge in [-0.25, -0.2) is 5.84 Å². The SMILES string of the molecule is NN(C1=CCCC=C1)c1c2c(n(N)c1C1=CCNC=C1)CN(C(=O)C1=CCNC=C1)CC2=O. The number of nitrogen functional groups attached to an aromatic ring is 1. The second-order valence-electron chi connectivity index (χ2n) is 8.25. The van der Waals surface area contributed by atoms with Gasteiger partial charge in [0.15, 0.2) is 5.78 Å². The molecule has 1 amide bonds. The third kappa shape index (κ3) is 3.66. The Morgan fingerprint density at radius 3 is 2.45 bits per heavy atom. The molecule has 0 spiro atoms. The Hall–Kier alpha value is -3.98. The van der Waals surface area contributed by atoms with Crippen molar-refractivity contribution >= 4 is 23.0 Å². The van der Waals surface area contributed by atoms with Crippen molar-refractivity contribution in [2.24, 2.45) is 5.84 Å². The fraction of sp³-hybridized carbons (Fsp3) is 0.250. The number of allylic oxidation sites excluding steroid dienone is 5. The van der Waals surface area contributed by atoms with E-state index >= 15 is 0 Å². The average molecular weight is 446 g/mol. The first kappa shape index (κ1) is 20.9. The molecule has 0 saturated carbocycles. The Balaban J connectivity index is 1.60. The van der Waals surface area contributed by atoms with Crippen molar-refractivity contribution in [2.45, 2.75) is 19.4 Å². The van der Waals surface area contributed by atoms with Gasteiger partial charge < -0.3 is 21.4 Å². The second-order valence-corrected chi connectivity index (χ2v) is 8.25. The molecule has 1 aromatic heterocycles. The number of Topliss-reactive ketones (excluding diaryl/α,β-unsaturated/α-hetero) is 1. The average Bonchev–Trinajstić information content (AvgIpc) is 3.17. The van der Waals surface area contributed by atoms with Crippen molar-refractivity contribution < 1.29 is 9.59 Å². The number of ketones is 1. The van der Waals surface area contributed by atoms with Gasteiger partial charge in [0, 0.05) is 24.2 Å². The molecule has 9 nitrogen and oxygen atoms in total. The van der Waals surface area contributed by atoms with Crippen LogP contribution in [0.25, 0.3) is 5.57 Å². The summed E-state index contributed by atoms with van der Waals surface area (Å²) in [6.07, 6.45) is 18.9. The van der Waals surface area contributed by atoms with E-state index in [1.165, 1.54) is 9.58 Å². The Morgan fingerprint density at radius 2 is 1.79 bits per heavy atom. The maximum atomic E-state index is 13.5. The molecule has 3 aliphatic heterocycles. The predicted molar refractivity (Wildman–Crippen MR) is 128 cm³/mol. The summed E-state index contributed by atoms with van der Waals surface area (Å²) in [6, 6.07) is 0. The fourth-order valence-corrected chi connectivity index (χ4v) is 4.55. The molecule has 0 saturated heterocycles. The molecule has 4 aliphatic rings. The van der Waals surface area contributed by atoms with E-state index < -0.39 is 0 Å². The molecule has 0 aromatic carbocycles. The van der Waals surface area contributed by atoms with Crippen LogP contribution in [-0.2, 0) is 11.3 Å². The maximum Gasteiger partial charge on any atom is 0.254 e. The lowest BCUT2D eigenvalue weighted by molar-refractivity contribution is -0.127. The van der Waals surface area contributed by atoms with Gasteiger partial charge in [-0.1, -0.05) is 24.3 Å². The zero-order valence-electron chi connectivity index (χ0n) is 18.3. The summed E-state index contributed by atoms with van der Waals surface area (Å²) in [7, 11) is 0. The predicted octanol–water partition coefficient (Wildman–Crippen LogP) is 1.18. The number of hydrazine groups is 1. The highest BCUT2D eigenvalue weighted by atomic mass is 16.2. The Bertz CT molecular complexity index is 1200. The highest BCUT2D eigenvalue weighted by Crippen LogP contribution is 2.39. The van der Waals surface area contributed by atoms with Crippen molar-refractivity contribution in [3.63, 3.8) is 0 Å². The summed E-state index contributed by atoms with van der Waals surface area (Å²) in [4.78, 5) is 28.1. The van der Waals surface area contributed by atoms with Crippen LogP contribution in [0.2, 0.25) is 0 Å². The maximum absolute atomic E-state index is 13.5. The second kappa shape index (κ2) is 8.51. The van der Waals surface area contributed by atoms with E-state index in [0.717, 1.165) is 24.1 Å². The molecule has 9 heteroatoms. The number of nitrogens with zero attached hydrogens (tertiary/aromatic N) is 3. The molecule has 0 radical (unpaired) electrons. The van der Waals surface area contributed by atoms with Crippen LogP contribution < -0.4 is 27.3 Å². The van der Waals surface area contributed by atoms with Gasteiger partial charge in [-0.15, -0.1) is 0 Å². The van der Waals surface area contributed by atoms with Crippen LogP contribution in [0.5, 0.6) is 0 Å². The van der Waals surface area contributed by atoms with Crippen molar-refractivity contribution in [1.29, 1.82) is 0 Å². The quantitative estimate of drug-likeness (QED) is 0.406. The molecule has 170 valence electrons. The number of fused-ring (bicyclic) bond motifs is 1. The first-order valence-corrected chi connectivity index (χ1v) is 11.0. The number of dihydropyridines is 2. The smallest absolute Gasteiger partial charge is 0.254 e. The van der Waals surface area contributed by atoms with Crippen LogP contribution in [0.4, 0.5) is 5.69 Å². The molecule has 1 aromatic rings. The van der Waals surface area contributed by atoms with Crippen LogP contribution >= 0.6 is 0 Å². The third-order valence-electron chi connectivity index (χ3n) is 6.18. The molecule has 0 bridgehead atoms. The third-order valence-corrected chi connectivity index (χ3v) is 6.18. The number of hydrogen-bond acceptors (Lipinski definition) is 7. The van der Waals surface area contributed by atoms with Crippen LogP contribution in [0.1, 0.15) is 34.6 Å². The number of carbonyl (C=O) groups is 2. The molecule has 33 heavy (non-hydrogen) atoms. The number of hydrogen-bond donors (Lipinski definition) is 4. The molecule has 0 atom stereocenters. The number of rotatable bonds is 4. The minimum Gasteiger partial charge on any atom is -0.387 e. The highest BCUT2D eigenvalue weighted by Gasteiger charge is 2.37. The van der Waals surface area contributed by atoms with Gasteiger partial charge >= 0.3 is 0 Å². The summed E-state index contributed by atoms with van der Waals surface area (Å²) in [5, 5.41) is 7.72. The van der Waals surface area contributed by atoms with Crippen molar-refractivity contribution in [1.82, 2.24) is 20.2 Å². The lowest BCUT2D eigenvalue weighted by Gasteiger charge is -2.29. The first-order chi connectivity index (χ1) is 16.1. The largest absolute Gasteiger partial charge is 0.387 e. The van der Waals surface area contributed by atoms with Crippen molar-refractivity contribution in [3.05, 3.63) is 83.2 Å². The summed E-state index contributed by atoms with van der Waals surface area (Å²) in [5.74, 6) is 12.8. The monoisotopic (exact) mass is 445 g/mol. The minimum absolute atomic E-state index is 0.0277. The molecular weight excluding hydrogens is 418 g/mol. The number of nitrogens with two attached hydrogens (primary N) is 2. The summed E-state index contributed by atoms with van der Waals surface area (Å²) in [5.41, 5.74) is 4.51. The van der Waals surface area contributed by atoms with Gasteiger partial charge in [0.05, 0.1) is 41.4 Å². The topological polar surface area (TPSA) is 122 Å². The number of anilines is 1. The molecular formula is C24H27N7O2. The molecule has 4 heterocycles. The number of nitrogens with one attached hydrogen (secondary N) is 2. The first-order valence-electron chi connectivity index (χ1n) is 11.0. The van der Waals surface area contributed by atoms with Crippen molar-refractivity contribution in [2.75, 3.05) is 30.5 Å². The van der Waals surface area contributed by atoms with Crippen LogP contribution in [0, 0.1) is 0 Å². The molecule has 0 fully saturated rings. The van der Waals surface area contributed by atoms with Gasteiger partial charge in [-0.3, -0.25) is 19.3 Å². The summed E-state index contributed by atoms with van der Waals surface area (Å²) in [6.45, 7) is 1.41. The van der Waals surface area contributed by atoms with E-state index in [1.54, 1.807) is 17.3 Å². The van der Waals surface area contributed by atoms with E-state index in [0.29, 0.717) is 41.3 Å². The molecule has 5 rings (SSSR count). The van der Waals surface area contributed by atoms with Crippen LogP contribution in [0.3, 0.4) is 0 Å². The Kier molecular flexibility index (Phi) is 5.39. The lowest BCUT2D eigenvalue weighted by Crippen LogP contribution is -2.42. The zero-order chi connectivity index (χ0) is 22.9. The van der Waals surface area contributed by atoms with E-state index in [4.69, 9.17) is 11.7 Å². The molecule has 1 aliphatic carbocycles. The minimum atomic E-state index is -0.195. The van der Waals surface area contributed by atoms with Crippen LogP contribution in [0.15, 0.2) is 66.2 Å². The fourth-order valence-electron chi connectivity index (χ4n) is 4.55. The highest BCUT2D eigenvalue weighted by molar-refractivity contribution is 6.10. The van der Waals surface area contributed by atoms with Gasteiger partial charge in [0.1, 0.15) is 0 Å².